The van der Waals surface area contributed by atoms with E-state index in [0.29, 0.717) is 12.8 Å². The number of carbonyl (C=O) groups is 1. The highest BCUT2D eigenvalue weighted by atomic mass is 28.3. The van der Waals surface area contributed by atoms with Gasteiger partial charge in [-0.1, -0.05) is 55.5 Å². The zero-order valence-corrected chi connectivity index (χ0v) is 16.0. The number of rotatable bonds is 7. The molecule has 0 N–H and O–H groups in total. The molecule has 0 aliphatic rings. The van der Waals surface area contributed by atoms with Crippen molar-refractivity contribution in [3.8, 4) is 0 Å². The maximum absolute atomic E-state index is 12.1. The number of hydrazone groups is 1. The lowest BCUT2D eigenvalue weighted by Gasteiger charge is -2.32. The van der Waals surface area contributed by atoms with Gasteiger partial charge in [0, 0.05) is 12.1 Å². The number of anilines is 1. The first-order valence-corrected chi connectivity index (χ1v) is 11.9. The van der Waals surface area contributed by atoms with Crippen molar-refractivity contribution in [1.82, 2.24) is 0 Å². The predicted octanol–water partition coefficient (Wildman–Crippen LogP) is 5.10. The molecular weight excluding hydrogens is 312 g/mol. The normalized spacial score (nSPS) is 12.1. The SMILES string of the molecule is CCC(=O)CC(=NN(c1ccccc1)[Si](C)(C)C)c1ccccc1. The molecule has 0 heterocycles. The minimum absolute atomic E-state index is 0.209. The standard InChI is InChI=1S/C20H26N2OSi/c1-5-19(23)16-20(17-12-8-6-9-13-17)21-22(24(2,3)4)18-14-10-7-11-15-18/h6-15H,5,16H2,1-4H3. The molecule has 0 aromatic heterocycles. The smallest absolute Gasteiger partial charge is 0.176 e. The van der Waals surface area contributed by atoms with Crippen LogP contribution in [0.2, 0.25) is 19.6 Å². The Morgan fingerprint density at radius 3 is 2.00 bits per heavy atom. The fourth-order valence-corrected chi connectivity index (χ4v) is 3.77. The molecule has 0 unspecified atom stereocenters. The predicted molar refractivity (Wildman–Crippen MR) is 105 cm³/mol. The van der Waals surface area contributed by atoms with Gasteiger partial charge >= 0.3 is 0 Å². The first-order valence-electron chi connectivity index (χ1n) is 8.41. The van der Waals surface area contributed by atoms with Gasteiger partial charge in [0.2, 0.25) is 0 Å². The summed E-state index contributed by atoms with van der Waals surface area (Å²) in [5.41, 5.74) is 2.93. The molecule has 24 heavy (non-hydrogen) atoms. The molecule has 0 atom stereocenters. The molecule has 0 spiro atoms. The maximum atomic E-state index is 12.1. The topological polar surface area (TPSA) is 32.7 Å². The number of carbonyl (C=O) groups excluding carboxylic acids is 1. The molecule has 2 aromatic rings. The van der Waals surface area contributed by atoms with E-state index in [9.17, 15) is 4.79 Å². The van der Waals surface area contributed by atoms with Crippen molar-refractivity contribution in [3.05, 3.63) is 66.2 Å². The summed E-state index contributed by atoms with van der Waals surface area (Å²) in [5, 5.41) is 4.97. The fraction of sp³-hybridized carbons (Fsp3) is 0.300. The van der Waals surface area contributed by atoms with Crippen molar-refractivity contribution in [3.63, 3.8) is 0 Å². The lowest BCUT2D eigenvalue weighted by molar-refractivity contribution is -0.117. The van der Waals surface area contributed by atoms with Crippen LogP contribution in [0.3, 0.4) is 0 Å². The lowest BCUT2D eigenvalue weighted by Crippen LogP contribution is -2.43. The molecule has 0 aliphatic carbocycles. The van der Waals surface area contributed by atoms with Crippen LogP contribution in [0.25, 0.3) is 0 Å². The van der Waals surface area contributed by atoms with Gasteiger partial charge in [-0.3, -0.25) is 9.47 Å². The first kappa shape index (κ1) is 18.1. The molecular formula is C20H26N2OSi. The minimum atomic E-state index is -1.75. The van der Waals surface area contributed by atoms with Gasteiger partial charge in [-0.05, 0) is 37.3 Å². The van der Waals surface area contributed by atoms with Gasteiger partial charge in [0.15, 0.2) is 8.24 Å². The van der Waals surface area contributed by atoms with Crippen LogP contribution in [0, 0.1) is 0 Å². The highest BCUT2D eigenvalue weighted by Crippen LogP contribution is 2.23. The summed E-state index contributed by atoms with van der Waals surface area (Å²) in [7, 11) is -1.75. The average Bonchev–Trinajstić information content (AvgIpc) is 2.58. The van der Waals surface area contributed by atoms with Crippen LogP contribution in [0.4, 0.5) is 5.69 Å². The molecule has 2 aromatic carbocycles. The van der Waals surface area contributed by atoms with Crippen LogP contribution in [0.5, 0.6) is 0 Å². The summed E-state index contributed by atoms with van der Waals surface area (Å²) in [6, 6.07) is 20.2. The fourth-order valence-electron chi connectivity index (χ4n) is 2.42. The minimum Gasteiger partial charge on any atom is -0.299 e. The van der Waals surface area contributed by atoms with E-state index < -0.39 is 8.24 Å². The number of nitrogens with zero attached hydrogens (tertiary/aromatic N) is 2. The van der Waals surface area contributed by atoms with Crippen LogP contribution < -0.4 is 4.67 Å². The Kier molecular flexibility index (Phi) is 6.09. The Bertz CT molecular complexity index is 691. The van der Waals surface area contributed by atoms with E-state index in [1.165, 1.54) is 0 Å². The molecule has 4 heteroatoms. The van der Waals surface area contributed by atoms with E-state index in [1.54, 1.807) is 0 Å². The average molecular weight is 339 g/mol. The number of hydrogen-bond donors (Lipinski definition) is 0. The third-order valence-corrected chi connectivity index (χ3v) is 5.35. The Hall–Kier alpha value is -2.20. The summed E-state index contributed by atoms with van der Waals surface area (Å²) in [5.74, 6) is 0.209. The Labute approximate surface area is 146 Å². The maximum Gasteiger partial charge on any atom is 0.176 e. The second-order valence-electron chi connectivity index (χ2n) is 6.80. The van der Waals surface area contributed by atoms with Gasteiger partial charge in [-0.2, -0.15) is 5.10 Å². The van der Waals surface area contributed by atoms with Crippen LogP contribution >= 0.6 is 0 Å². The van der Waals surface area contributed by atoms with E-state index in [4.69, 9.17) is 5.10 Å². The molecule has 126 valence electrons. The quantitative estimate of drug-likeness (QED) is 0.399. The molecule has 0 aliphatic heterocycles. The van der Waals surface area contributed by atoms with Crippen molar-refractivity contribution >= 4 is 25.4 Å². The Morgan fingerprint density at radius 1 is 0.958 bits per heavy atom. The van der Waals surface area contributed by atoms with Crippen LogP contribution in [0.1, 0.15) is 25.3 Å². The van der Waals surface area contributed by atoms with Crippen LogP contribution in [0.15, 0.2) is 65.8 Å². The van der Waals surface area contributed by atoms with Gasteiger partial charge in [0.25, 0.3) is 0 Å². The second kappa shape index (κ2) is 8.06. The monoisotopic (exact) mass is 338 g/mol. The van der Waals surface area contributed by atoms with Gasteiger partial charge in [0.1, 0.15) is 5.78 Å². The number of para-hydroxylation sites is 1. The van der Waals surface area contributed by atoms with Crippen molar-refractivity contribution < 1.29 is 4.79 Å². The second-order valence-corrected chi connectivity index (χ2v) is 11.6. The van der Waals surface area contributed by atoms with E-state index in [-0.39, 0.29) is 5.78 Å². The van der Waals surface area contributed by atoms with Gasteiger partial charge in [-0.15, -0.1) is 0 Å². The Balaban J connectivity index is 2.49. The summed E-state index contributed by atoms with van der Waals surface area (Å²) >= 11 is 0. The zero-order chi connectivity index (χ0) is 17.6. The molecule has 0 bridgehead atoms. The third-order valence-electron chi connectivity index (χ3n) is 3.72. The Morgan fingerprint density at radius 2 is 1.50 bits per heavy atom. The highest BCUT2D eigenvalue weighted by Gasteiger charge is 2.25. The van der Waals surface area contributed by atoms with E-state index in [1.807, 2.05) is 55.5 Å². The molecule has 3 nitrogen and oxygen atoms in total. The number of hydrogen-bond acceptors (Lipinski definition) is 3. The lowest BCUT2D eigenvalue weighted by atomic mass is 10.0. The molecule has 2 rings (SSSR count). The molecule has 0 saturated heterocycles. The van der Waals surface area contributed by atoms with Crippen LogP contribution in [-0.2, 0) is 4.79 Å². The van der Waals surface area contributed by atoms with Crippen molar-refractivity contribution in [2.45, 2.75) is 39.4 Å². The van der Waals surface area contributed by atoms with Crippen molar-refractivity contribution in [2.75, 3.05) is 4.67 Å². The summed E-state index contributed by atoms with van der Waals surface area (Å²) in [6.07, 6.45) is 0.901. The molecule has 0 amide bonds. The highest BCUT2D eigenvalue weighted by molar-refractivity contribution is 6.79. The summed E-state index contributed by atoms with van der Waals surface area (Å²) in [4.78, 5) is 12.1. The van der Waals surface area contributed by atoms with E-state index >= 15 is 0 Å². The van der Waals surface area contributed by atoms with Gasteiger partial charge in [-0.25, -0.2) is 0 Å². The van der Waals surface area contributed by atoms with E-state index in [0.717, 1.165) is 17.0 Å². The van der Waals surface area contributed by atoms with Gasteiger partial charge < -0.3 is 0 Å². The number of Topliss-reactive ketones (excluding diaryl/α,β-unsaturated/α-hetero) is 1. The largest absolute Gasteiger partial charge is 0.299 e. The van der Waals surface area contributed by atoms with Crippen molar-refractivity contribution in [2.24, 2.45) is 5.10 Å². The molecule has 0 saturated carbocycles. The zero-order valence-electron chi connectivity index (χ0n) is 15.0. The summed E-state index contributed by atoms with van der Waals surface area (Å²) in [6.45, 7) is 8.67. The molecule has 0 radical (unpaired) electrons. The van der Waals surface area contributed by atoms with E-state index in [2.05, 4.69) is 36.4 Å². The first-order chi connectivity index (χ1) is 11.4. The third kappa shape index (κ3) is 4.90. The molecule has 0 fully saturated rings. The van der Waals surface area contributed by atoms with Crippen molar-refractivity contribution in [1.29, 1.82) is 0 Å². The van der Waals surface area contributed by atoms with Gasteiger partial charge in [0.05, 0.1) is 12.1 Å². The van der Waals surface area contributed by atoms with Crippen LogP contribution in [-0.4, -0.2) is 19.7 Å². The number of ketones is 1. The summed E-state index contributed by atoms with van der Waals surface area (Å²) < 4.78 is 2.14. The number of benzene rings is 2.